The Morgan fingerprint density at radius 1 is 0.609 bits per heavy atom. The van der Waals surface area contributed by atoms with E-state index in [1.165, 1.54) is 19.3 Å². The summed E-state index contributed by atoms with van der Waals surface area (Å²) in [6, 6.07) is 0. The Morgan fingerprint density at radius 3 is 1.35 bits per heavy atom. The number of rotatable bonds is 15. The molecule has 0 saturated carbocycles. The Kier molecular flexibility index (Phi) is 21.0. The second-order valence-electron chi connectivity index (χ2n) is 6.00. The van der Waals surface area contributed by atoms with E-state index in [1.807, 2.05) is 0 Å². The monoisotopic (exact) mass is 350 g/mol. The number of carbonyl (C=O) groups is 1. The Bertz CT molecular complexity index is 316. The van der Waals surface area contributed by atoms with E-state index in [4.69, 9.17) is 0 Å². The third kappa shape index (κ3) is 18.6. The van der Waals surface area contributed by atoms with Crippen LogP contribution in [0.3, 0.4) is 0 Å². The molecule has 0 aromatic heterocycles. The molecule has 0 atom stereocenters. The fourth-order valence-electron chi connectivity index (χ4n) is 2.43. The molecule has 0 fully saturated rings. The Balaban J connectivity index is 0. The van der Waals surface area contributed by atoms with Crippen LogP contribution in [0.5, 0.6) is 0 Å². The molecule has 0 bridgehead atoms. The smallest absolute Gasteiger partial charge is 0.876 e. The third-order valence-corrected chi connectivity index (χ3v) is 3.85. The van der Waals surface area contributed by atoms with Crippen molar-refractivity contribution in [1.29, 1.82) is 0 Å². The van der Waals surface area contributed by atoms with E-state index >= 15 is 0 Å². The zero-order chi connectivity index (χ0) is 16.6. The van der Waals surface area contributed by atoms with Gasteiger partial charge in [0.15, 0.2) is 0 Å². The molecular weight excluding hydrogens is 319 g/mol. The zero-order valence-corrected chi connectivity index (χ0v) is 18.2. The van der Waals surface area contributed by atoms with Crippen LogP contribution in [0, 0.1) is 0 Å². The Labute approximate surface area is 184 Å². The first-order chi connectivity index (χ1) is 10.6. The van der Waals surface area contributed by atoms with Gasteiger partial charge < -0.3 is 20.1 Å². The number of carboxylic acids is 1. The molecule has 130 valence electrons. The van der Waals surface area contributed by atoms with Crippen LogP contribution in [-0.4, -0.2) is 5.97 Å². The fourth-order valence-corrected chi connectivity index (χ4v) is 2.43. The maximum absolute atomic E-state index is 11.7. The van der Waals surface area contributed by atoms with Crippen LogP contribution in [-0.2, 0) is 4.79 Å². The molecular formula is C18H31KO4-2. The van der Waals surface area contributed by atoms with E-state index in [-0.39, 0.29) is 69.3 Å². The molecule has 0 heterocycles. The van der Waals surface area contributed by atoms with E-state index < -0.39 is 5.97 Å². The second-order valence-corrected chi connectivity index (χ2v) is 6.00. The normalized spacial score (nSPS) is 11.7. The maximum Gasteiger partial charge on any atom is 1.00 e. The molecule has 0 aromatic carbocycles. The number of unbranched alkanes of at least 4 members (excludes halogenated alkanes) is 9. The van der Waals surface area contributed by atoms with Gasteiger partial charge in [-0.15, -0.1) is 11.5 Å². The SMILES string of the molecule is CCCCCCCC/C([O-])=C(/[O-])CCCCCCCC(=O)[O-].[K+]. The van der Waals surface area contributed by atoms with Crippen molar-refractivity contribution >= 4 is 5.97 Å². The molecule has 0 unspecified atom stereocenters. The summed E-state index contributed by atoms with van der Waals surface area (Å²) in [5, 5.41) is 33.5. The summed E-state index contributed by atoms with van der Waals surface area (Å²) >= 11 is 0. The van der Waals surface area contributed by atoms with Crippen molar-refractivity contribution in [3.63, 3.8) is 0 Å². The first-order valence-corrected chi connectivity index (χ1v) is 8.83. The molecule has 0 aromatic rings. The van der Waals surface area contributed by atoms with Gasteiger partial charge >= 0.3 is 51.4 Å². The molecule has 0 N–H and O–H groups in total. The topological polar surface area (TPSA) is 86.2 Å². The van der Waals surface area contributed by atoms with Crippen LogP contribution in [0.1, 0.15) is 96.8 Å². The summed E-state index contributed by atoms with van der Waals surface area (Å²) in [5.41, 5.74) is 0. The van der Waals surface area contributed by atoms with Crippen molar-refractivity contribution in [2.75, 3.05) is 0 Å². The standard InChI is InChI=1S/C18H34O4.K/c1-2-3-4-5-7-10-13-16(19)17(20)14-11-8-6-9-12-15-18(21)22;/h19-20H,2-15H2,1H3,(H,21,22);/q;+1/p-3/b17-16-;. The van der Waals surface area contributed by atoms with Gasteiger partial charge in [0.05, 0.1) is 0 Å². The summed E-state index contributed by atoms with van der Waals surface area (Å²) in [6.45, 7) is 2.17. The molecule has 0 aliphatic rings. The summed E-state index contributed by atoms with van der Waals surface area (Å²) in [4.78, 5) is 10.2. The van der Waals surface area contributed by atoms with Gasteiger partial charge in [0.25, 0.3) is 0 Å². The van der Waals surface area contributed by atoms with Crippen LogP contribution < -0.4 is 66.7 Å². The van der Waals surface area contributed by atoms with Gasteiger partial charge in [0, 0.05) is 5.97 Å². The van der Waals surface area contributed by atoms with E-state index in [1.54, 1.807) is 0 Å². The van der Waals surface area contributed by atoms with Gasteiger partial charge in [-0.1, -0.05) is 71.1 Å². The van der Waals surface area contributed by atoms with Gasteiger partial charge in [-0.25, -0.2) is 0 Å². The molecule has 0 saturated heterocycles. The van der Waals surface area contributed by atoms with Crippen molar-refractivity contribution in [3.05, 3.63) is 11.5 Å². The van der Waals surface area contributed by atoms with E-state index in [0.717, 1.165) is 44.9 Å². The molecule has 4 nitrogen and oxygen atoms in total. The van der Waals surface area contributed by atoms with E-state index in [9.17, 15) is 20.1 Å². The number of hydrogen-bond donors (Lipinski definition) is 0. The number of allylic oxidation sites excluding steroid dienone is 2. The van der Waals surface area contributed by atoms with Gasteiger partial charge in [-0.05, 0) is 25.7 Å². The molecule has 0 aliphatic carbocycles. The summed E-state index contributed by atoms with van der Waals surface area (Å²) in [6.07, 6.45) is 11.5. The largest absolute Gasteiger partial charge is 1.00 e. The predicted molar refractivity (Wildman–Crippen MR) is 82.3 cm³/mol. The van der Waals surface area contributed by atoms with Gasteiger partial charge in [0.1, 0.15) is 0 Å². The summed E-state index contributed by atoms with van der Waals surface area (Å²) in [7, 11) is 0. The van der Waals surface area contributed by atoms with E-state index in [2.05, 4.69) is 6.92 Å². The van der Waals surface area contributed by atoms with Gasteiger partial charge in [-0.3, -0.25) is 0 Å². The molecule has 0 amide bonds. The average molecular weight is 351 g/mol. The quantitative estimate of drug-likeness (QED) is 0.219. The van der Waals surface area contributed by atoms with Crippen molar-refractivity contribution in [2.45, 2.75) is 96.8 Å². The molecule has 0 radical (unpaired) electrons. The number of hydrogen-bond acceptors (Lipinski definition) is 4. The second kappa shape index (κ2) is 18.8. The first kappa shape index (κ1) is 25.7. The summed E-state index contributed by atoms with van der Waals surface area (Å²) in [5.74, 6) is -1.45. The predicted octanol–water partition coefficient (Wildman–Crippen LogP) is -0.846. The Morgan fingerprint density at radius 2 is 0.957 bits per heavy atom. The van der Waals surface area contributed by atoms with Crippen LogP contribution in [0.15, 0.2) is 11.5 Å². The zero-order valence-electron chi connectivity index (χ0n) is 15.0. The van der Waals surface area contributed by atoms with Crippen molar-refractivity contribution in [2.24, 2.45) is 0 Å². The van der Waals surface area contributed by atoms with E-state index in [0.29, 0.717) is 19.3 Å². The molecule has 5 heteroatoms. The fraction of sp³-hybridized carbons (Fsp3) is 0.833. The van der Waals surface area contributed by atoms with Crippen molar-refractivity contribution in [3.8, 4) is 0 Å². The number of carbonyl (C=O) groups excluding carboxylic acids is 1. The summed E-state index contributed by atoms with van der Waals surface area (Å²) < 4.78 is 0. The minimum Gasteiger partial charge on any atom is -0.876 e. The minimum atomic E-state index is -1.00. The van der Waals surface area contributed by atoms with Crippen LogP contribution in [0.25, 0.3) is 0 Å². The molecule has 0 rings (SSSR count). The van der Waals surface area contributed by atoms with Crippen LogP contribution in [0.4, 0.5) is 0 Å². The van der Waals surface area contributed by atoms with Crippen molar-refractivity contribution < 1.29 is 71.5 Å². The maximum atomic E-state index is 11.7. The molecule has 0 spiro atoms. The van der Waals surface area contributed by atoms with Gasteiger partial charge in [0.2, 0.25) is 0 Å². The van der Waals surface area contributed by atoms with Crippen molar-refractivity contribution in [1.82, 2.24) is 0 Å². The minimum absolute atomic E-state index is 0. The van der Waals surface area contributed by atoms with Gasteiger partial charge in [-0.2, -0.15) is 0 Å². The number of aliphatic carboxylic acids is 1. The van der Waals surface area contributed by atoms with Crippen LogP contribution >= 0.6 is 0 Å². The number of carboxylic acid groups (broad SMARTS) is 1. The van der Waals surface area contributed by atoms with Crippen LogP contribution in [0.2, 0.25) is 0 Å². The first-order valence-electron chi connectivity index (χ1n) is 8.83. The Hall–Kier alpha value is 0.446. The third-order valence-electron chi connectivity index (χ3n) is 3.85. The molecule has 0 aliphatic heterocycles. The average Bonchev–Trinajstić information content (AvgIpc) is 2.49. The molecule has 23 heavy (non-hydrogen) atoms.